The Morgan fingerprint density at radius 1 is 1.87 bits per heavy atom. The van der Waals surface area contributed by atoms with Gasteiger partial charge in [-0.05, 0) is 9.91 Å². The highest BCUT2D eigenvalue weighted by Gasteiger charge is 2.18. The first-order valence-electron chi connectivity index (χ1n) is 3.92. The molecule has 0 aromatic carbocycles. The van der Waals surface area contributed by atoms with Gasteiger partial charge in [-0.1, -0.05) is 15.9 Å². The number of carbonyl (C=O) groups is 1. The van der Waals surface area contributed by atoms with Crippen molar-refractivity contribution >= 4 is 27.7 Å². The second-order valence-corrected chi connectivity index (χ2v) is 3.78. The number of alkyl halides is 1. The molecule has 0 saturated heterocycles. The number of ether oxygens (including phenoxy) is 1. The molecule has 0 fully saturated rings. The number of imidazole rings is 1. The summed E-state index contributed by atoms with van der Waals surface area (Å²) in [4.78, 5) is 23.7. The van der Waals surface area contributed by atoms with Crippen molar-refractivity contribution in [2.24, 2.45) is 0 Å². The van der Waals surface area contributed by atoms with Crippen LogP contribution in [-0.2, 0) is 16.1 Å². The largest absolute Gasteiger partial charge is 0.468 e. The van der Waals surface area contributed by atoms with Gasteiger partial charge in [0.1, 0.15) is 11.0 Å². The van der Waals surface area contributed by atoms with E-state index in [0.29, 0.717) is 0 Å². The van der Waals surface area contributed by atoms with Crippen molar-refractivity contribution in [2.75, 3.05) is 7.11 Å². The molecule has 1 atom stereocenters. The third-order valence-corrected chi connectivity index (χ3v) is 2.30. The molecule has 1 heterocycles. The highest BCUT2D eigenvalue weighted by Crippen LogP contribution is 2.10. The predicted molar refractivity (Wildman–Crippen MR) is 53.6 cm³/mol. The van der Waals surface area contributed by atoms with Crippen molar-refractivity contribution in [3.8, 4) is 0 Å². The highest BCUT2D eigenvalue weighted by molar-refractivity contribution is 9.10. The van der Waals surface area contributed by atoms with E-state index in [1.807, 2.05) is 0 Å². The van der Waals surface area contributed by atoms with Gasteiger partial charge in [-0.25, -0.2) is 0 Å². The first-order valence-corrected chi connectivity index (χ1v) is 4.84. The van der Waals surface area contributed by atoms with Gasteiger partial charge in [-0.2, -0.15) is 0 Å². The lowest BCUT2D eigenvalue weighted by atomic mass is 10.4. The number of halogens is 1. The quantitative estimate of drug-likeness (QED) is 0.350. The number of carbonyl (C=O) groups excluding carboxylic acids is 1. The van der Waals surface area contributed by atoms with E-state index >= 15 is 0 Å². The molecular formula is C7H8BrN3O4. The number of rotatable bonds is 4. The fourth-order valence-corrected chi connectivity index (χ4v) is 1.45. The van der Waals surface area contributed by atoms with E-state index in [2.05, 4.69) is 25.7 Å². The Balaban J connectivity index is 2.65. The molecule has 0 aliphatic carbocycles. The molecular weight excluding hydrogens is 270 g/mol. The first-order chi connectivity index (χ1) is 7.04. The lowest BCUT2D eigenvalue weighted by Gasteiger charge is -2.06. The molecule has 0 spiro atoms. The molecule has 0 bridgehead atoms. The topological polar surface area (TPSA) is 87.3 Å². The van der Waals surface area contributed by atoms with Gasteiger partial charge in [0.15, 0.2) is 0 Å². The zero-order valence-electron chi connectivity index (χ0n) is 7.79. The Bertz CT molecular complexity index is 378. The normalized spacial score (nSPS) is 12.1. The summed E-state index contributed by atoms with van der Waals surface area (Å²) in [6.07, 6.45) is 2.53. The summed E-state index contributed by atoms with van der Waals surface area (Å²) < 4.78 is 5.92. The Morgan fingerprint density at radius 3 is 3.00 bits per heavy atom. The van der Waals surface area contributed by atoms with Crippen molar-refractivity contribution in [3.63, 3.8) is 0 Å². The Hall–Kier alpha value is -1.44. The summed E-state index contributed by atoms with van der Waals surface area (Å²) >= 11 is 3.09. The van der Waals surface area contributed by atoms with E-state index in [4.69, 9.17) is 0 Å². The van der Waals surface area contributed by atoms with E-state index in [0.717, 1.165) is 0 Å². The van der Waals surface area contributed by atoms with Crippen LogP contribution in [0, 0.1) is 10.1 Å². The van der Waals surface area contributed by atoms with Crippen LogP contribution in [0.5, 0.6) is 0 Å². The number of aromatic nitrogens is 2. The van der Waals surface area contributed by atoms with Crippen LogP contribution in [-0.4, -0.2) is 32.4 Å². The van der Waals surface area contributed by atoms with E-state index in [9.17, 15) is 14.9 Å². The molecule has 0 aliphatic heterocycles. The molecule has 1 aromatic rings. The molecule has 0 amide bonds. The maximum absolute atomic E-state index is 11.0. The van der Waals surface area contributed by atoms with Crippen LogP contribution in [0.1, 0.15) is 0 Å². The minimum absolute atomic E-state index is 0.230. The van der Waals surface area contributed by atoms with Gasteiger partial charge in [0.05, 0.1) is 7.11 Å². The molecule has 0 aliphatic rings. The molecule has 82 valence electrons. The standard InChI is InChI=1S/C7H8BrN3O4/c1-15-7(12)5(8)2-10-3-6(9-4-10)11(13)14/h3-5H,2H2,1H3. The fourth-order valence-electron chi connectivity index (χ4n) is 0.930. The molecule has 8 heteroatoms. The third kappa shape index (κ3) is 3.01. The van der Waals surface area contributed by atoms with Crippen LogP contribution in [0.4, 0.5) is 5.82 Å². The number of esters is 1. The van der Waals surface area contributed by atoms with Crippen molar-refractivity contribution in [2.45, 2.75) is 11.4 Å². The average Bonchev–Trinajstić information content (AvgIpc) is 2.65. The fraction of sp³-hybridized carbons (Fsp3) is 0.429. The number of nitro groups is 1. The van der Waals surface area contributed by atoms with E-state index in [1.54, 1.807) is 0 Å². The van der Waals surface area contributed by atoms with Gasteiger partial charge in [0, 0.05) is 6.54 Å². The predicted octanol–water partition coefficient (Wildman–Crippen LogP) is 0.728. The van der Waals surface area contributed by atoms with Crippen molar-refractivity contribution in [1.82, 2.24) is 9.55 Å². The summed E-state index contributed by atoms with van der Waals surface area (Å²) in [6, 6.07) is 0. The lowest BCUT2D eigenvalue weighted by Crippen LogP contribution is -2.20. The van der Waals surface area contributed by atoms with E-state index < -0.39 is 15.7 Å². The first kappa shape index (κ1) is 11.6. The number of hydrogen-bond acceptors (Lipinski definition) is 5. The Morgan fingerprint density at radius 2 is 2.53 bits per heavy atom. The molecule has 15 heavy (non-hydrogen) atoms. The monoisotopic (exact) mass is 277 g/mol. The summed E-state index contributed by atoms with van der Waals surface area (Å²) in [7, 11) is 1.27. The zero-order chi connectivity index (χ0) is 11.4. The molecule has 0 saturated carbocycles. The van der Waals surface area contributed by atoms with Gasteiger partial charge in [0.2, 0.25) is 6.33 Å². The summed E-state index contributed by atoms with van der Waals surface area (Å²) in [5.74, 6) is -0.689. The maximum atomic E-state index is 11.0. The minimum Gasteiger partial charge on any atom is -0.468 e. The van der Waals surface area contributed by atoms with Crippen molar-refractivity contribution in [3.05, 3.63) is 22.6 Å². The van der Waals surface area contributed by atoms with Gasteiger partial charge < -0.3 is 19.4 Å². The van der Waals surface area contributed by atoms with Crippen LogP contribution in [0.3, 0.4) is 0 Å². The van der Waals surface area contributed by atoms with Crippen LogP contribution >= 0.6 is 15.9 Å². The summed E-state index contributed by atoms with van der Waals surface area (Å²) in [6.45, 7) is 0.230. The maximum Gasteiger partial charge on any atom is 0.381 e. The van der Waals surface area contributed by atoms with Crippen LogP contribution in [0.15, 0.2) is 12.5 Å². The van der Waals surface area contributed by atoms with Crippen LogP contribution < -0.4 is 0 Å². The highest BCUT2D eigenvalue weighted by atomic mass is 79.9. The lowest BCUT2D eigenvalue weighted by molar-refractivity contribution is -0.389. The SMILES string of the molecule is COC(=O)C(Br)Cn1cnc([N+](=O)[O-])c1. The Kier molecular flexibility index (Phi) is 3.78. The summed E-state index contributed by atoms with van der Waals surface area (Å²) in [5.41, 5.74) is 0. The average molecular weight is 278 g/mol. The van der Waals surface area contributed by atoms with Crippen LogP contribution in [0.2, 0.25) is 0 Å². The number of hydrogen-bond donors (Lipinski definition) is 0. The van der Waals surface area contributed by atoms with Crippen molar-refractivity contribution < 1.29 is 14.5 Å². The summed E-state index contributed by atoms with van der Waals surface area (Å²) in [5, 5.41) is 10.3. The van der Waals surface area contributed by atoms with Gasteiger partial charge in [-0.3, -0.25) is 4.79 Å². The molecule has 7 nitrogen and oxygen atoms in total. The number of nitrogens with zero attached hydrogens (tertiary/aromatic N) is 3. The molecule has 0 N–H and O–H groups in total. The molecule has 0 radical (unpaired) electrons. The Labute approximate surface area is 93.3 Å². The zero-order valence-corrected chi connectivity index (χ0v) is 9.38. The minimum atomic E-state index is -0.599. The molecule has 1 unspecified atom stereocenters. The van der Waals surface area contributed by atoms with E-state index in [-0.39, 0.29) is 12.4 Å². The molecule has 1 aromatic heterocycles. The van der Waals surface area contributed by atoms with Crippen molar-refractivity contribution in [1.29, 1.82) is 0 Å². The second kappa shape index (κ2) is 4.87. The van der Waals surface area contributed by atoms with Crippen LogP contribution in [0.25, 0.3) is 0 Å². The smallest absolute Gasteiger partial charge is 0.381 e. The van der Waals surface area contributed by atoms with Gasteiger partial charge >= 0.3 is 11.8 Å². The van der Waals surface area contributed by atoms with Gasteiger partial charge in [-0.15, -0.1) is 0 Å². The second-order valence-electron chi connectivity index (χ2n) is 2.68. The number of methoxy groups -OCH3 is 1. The third-order valence-electron chi connectivity index (χ3n) is 1.63. The van der Waals surface area contributed by atoms with E-state index in [1.165, 1.54) is 24.2 Å². The van der Waals surface area contributed by atoms with Gasteiger partial charge in [0.25, 0.3) is 0 Å². The molecule has 1 rings (SSSR count).